The molecule has 206 valence electrons. The van der Waals surface area contributed by atoms with Gasteiger partial charge in [0.1, 0.15) is 18.1 Å². The van der Waals surface area contributed by atoms with Gasteiger partial charge in [-0.25, -0.2) is 9.78 Å². The molecule has 1 heterocycles. The molecular weight excluding hydrogens is 500 g/mol. The van der Waals surface area contributed by atoms with Crippen molar-refractivity contribution in [2.24, 2.45) is 5.73 Å². The highest BCUT2D eigenvalue weighted by molar-refractivity contribution is 5.94. The molecule has 0 radical (unpaired) electrons. The van der Waals surface area contributed by atoms with E-state index < -0.39 is 66.4 Å². The average molecular weight is 533 g/mol. The SMILES string of the molecule is CC(O)C(NC(=O)C(CCC(=O)O)NC(=O)C(N)Cc1ccccc1)C(=O)NC(Cc1cnc[nH]1)C(=O)O. The van der Waals surface area contributed by atoms with Gasteiger partial charge in [-0.3, -0.25) is 19.2 Å². The van der Waals surface area contributed by atoms with Gasteiger partial charge in [0.25, 0.3) is 0 Å². The summed E-state index contributed by atoms with van der Waals surface area (Å²) in [6.07, 6.45) is 0.473. The smallest absolute Gasteiger partial charge is 0.326 e. The fourth-order valence-electron chi connectivity index (χ4n) is 3.51. The van der Waals surface area contributed by atoms with Crippen LogP contribution in [0.25, 0.3) is 0 Å². The maximum Gasteiger partial charge on any atom is 0.326 e. The number of nitrogens with two attached hydrogens (primary N) is 1. The van der Waals surface area contributed by atoms with Crippen molar-refractivity contribution in [3.05, 3.63) is 54.1 Å². The molecule has 5 atom stereocenters. The second-order valence-electron chi connectivity index (χ2n) is 8.70. The van der Waals surface area contributed by atoms with Crippen LogP contribution in [0.15, 0.2) is 42.9 Å². The summed E-state index contributed by atoms with van der Waals surface area (Å²) in [5.41, 5.74) is 7.17. The first kappa shape index (κ1) is 29.9. The molecule has 3 amide bonds. The number of carbonyl (C=O) groups is 5. The number of hydrogen-bond acceptors (Lipinski definition) is 8. The van der Waals surface area contributed by atoms with E-state index in [1.54, 1.807) is 30.3 Å². The van der Waals surface area contributed by atoms with E-state index in [9.17, 15) is 34.2 Å². The number of aliphatic hydroxyl groups is 1. The predicted molar refractivity (Wildman–Crippen MR) is 132 cm³/mol. The molecule has 2 rings (SSSR count). The summed E-state index contributed by atoms with van der Waals surface area (Å²) in [7, 11) is 0. The number of H-pyrrole nitrogens is 1. The minimum Gasteiger partial charge on any atom is -0.481 e. The minimum atomic E-state index is -1.60. The van der Waals surface area contributed by atoms with Gasteiger partial charge in [0.15, 0.2) is 0 Å². The zero-order valence-electron chi connectivity index (χ0n) is 20.7. The Morgan fingerprint density at radius 2 is 1.61 bits per heavy atom. The number of aromatic nitrogens is 2. The largest absolute Gasteiger partial charge is 0.481 e. The van der Waals surface area contributed by atoms with Crippen LogP contribution in [0, 0.1) is 0 Å². The quantitative estimate of drug-likeness (QED) is 0.129. The van der Waals surface area contributed by atoms with Crippen LogP contribution in [-0.2, 0) is 36.8 Å². The van der Waals surface area contributed by atoms with Gasteiger partial charge in [-0.05, 0) is 25.3 Å². The van der Waals surface area contributed by atoms with Gasteiger partial charge in [0.05, 0.1) is 18.5 Å². The Balaban J connectivity index is 2.10. The van der Waals surface area contributed by atoms with Crippen molar-refractivity contribution in [2.75, 3.05) is 0 Å². The lowest BCUT2D eigenvalue weighted by Gasteiger charge is -2.26. The predicted octanol–water partition coefficient (Wildman–Crippen LogP) is -1.69. The van der Waals surface area contributed by atoms with Crippen LogP contribution in [0.5, 0.6) is 0 Å². The summed E-state index contributed by atoms with van der Waals surface area (Å²) >= 11 is 0. The molecule has 0 aliphatic heterocycles. The fourth-order valence-corrected chi connectivity index (χ4v) is 3.51. The molecule has 0 saturated heterocycles. The van der Waals surface area contributed by atoms with Gasteiger partial charge in [0, 0.05) is 24.7 Å². The number of carboxylic acids is 2. The van der Waals surface area contributed by atoms with Gasteiger partial charge in [0.2, 0.25) is 17.7 Å². The zero-order chi connectivity index (χ0) is 28.2. The second kappa shape index (κ2) is 14.4. The molecule has 9 N–H and O–H groups in total. The summed E-state index contributed by atoms with van der Waals surface area (Å²) in [5, 5.41) is 35.6. The van der Waals surface area contributed by atoms with Crippen LogP contribution in [0.4, 0.5) is 0 Å². The van der Waals surface area contributed by atoms with E-state index in [4.69, 9.17) is 10.8 Å². The van der Waals surface area contributed by atoms with E-state index in [2.05, 4.69) is 25.9 Å². The third kappa shape index (κ3) is 9.63. The molecule has 1 aromatic carbocycles. The lowest BCUT2D eigenvalue weighted by atomic mass is 10.0. The number of imidazole rings is 1. The molecule has 2 aromatic rings. The Bertz CT molecular complexity index is 1090. The third-order valence-electron chi connectivity index (χ3n) is 5.57. The highest BCUT2D eigenvalue weighted by atomic mass is 16.4. The van der Waals surface area contributed by atoms with Gasteiger partial charge >= 0.3 is 11.9 Å². The summed E-state index contributed by atoms with van der Waals surface area (Å²) in [5.74, 6) is -5.25. The molecule has 14 heteroatoms. The zero-order valence-corrected chi connectivity index (χ0v) is 20.7. The molecule has 0 fully saturated rings. The van der Waals surface area contributed by atoms with Crippen molar-refractivity contribution in [1.29, 1.82) is 0 Å². The topological polar surface area (TPSA) is 237 Å². The lowest BCUT2D eigenvalue weighted by Crippen LogP contribution is -2.60. The minimum absolute atomic E-state index is 0.141. The molecule has 38 heavy (non-hydrogen) atoms. The molecular formula is C24H32N6O8. The van der Waals surface area contributed by atoms with Crippen molar-refractivity contribution in [3.8, 4) is 0 Å². The number of carbonyl (C=O) groups excluding carboxylic acids is 3. The van der Waals surface area contributed by atoms with Crippen LogP contribution in [0.3, 0.4) is 0 Å². The number of aromatic amines is 1. The Morgan fingerprint density at radius 3 is 2.16 bits per heavy atom. The Kier molecular flexibility index (Phi) is 11.4. The Morgan fingerprint density at radius 1 is 0.947 bits per heavy atom. The summed E-state index contributed by atoms with van der Waals surface area (Å²) in [6.45, 7) is 1.20. The normalized spacial score (nSPS) is 14.8. The van der Waals surface area contributed by atoms with E-state index in [0.29, 0.717) is 5.69 Å². The first-order chi connectivity index (χ1) is 18.0. The van der Waals surface area contributed by atoms with Crippen LogP contribution in [0.1, 0.15) is 31.0 Å². The molecule has 14 nitrogen and oxygen atoms in total. The Hall–Kier alpha value is -4.30. The average Bonchev–Trinajstić information content (AvgIpc) is 3.37. The molecule has 0 saturated carbocycles. The lowest BCUT2D eigenvalue weighted by molar-refractivity contribution is -0.143. The van der Waals surface area contributed by atoms with Crippen molar-refractivity contribution in [1.82, 2.24) is 25.9 Å². The summed E-state index contributed by atoms with van der Waals surface area (Å²) in [4.78, 5) is 67.7. The molecule has 5 unspecified atom stereocenters. The van der Waals surface area contributed by atoms with E-state index in [1.165, 1.54) is 19.4 Å². The van der Waals surface area contributed by atoms with Gasteiger partial charge in [-0.2, -0.15) is 0 Å². The highest BCUT2D eigenvalue weighted by Crippen LogP contribution is 2.06. The maximum absolute atomic E-state index is 13.0. The number of carboxylic acid groups (broad SMARTS) is 2. The maximum atomic E-state index is 13.0. The van der Waals surface area contributed by atoms with Gasteiger partial charge in [-0.1, -0.05) is 30.3 Å². The third-order valence-corrected chi connectivity index (χ3v) is 5.57. The van der Waals surface area contributed by atoms with Crippen molar-refractivity contribution in [2.45, 2.75) is 62.9 Å². The van der Waals surface area contributed by atoms with Gasteiger partial charge in [-0.15, -0.1) is 0 Å². The Labute approximate surface area is 218 Å². The monoisotopic (exact) mass is 532 g/mol. The van der Waals surface area contributed by atoms with E-state index >= 15 is 0 Å². The van der Waals surface area contributed by atoms with E-state index in [1.807, 2.05) is 0 Å². The van der Waals surface area contributed by atoms with E-state index in [-0.39, 0.29) is 19.3 Å². The molecule has 0 aliphatic rings. The number of aliphatic hydroxyl groups excluding tert-OH is 1. The number of aliphatic carboxylic acids is 2. The molecule has 0 spiro atoms. The standard InChI is InChI=1S/C24H32N6O8/c1-13(31)20(23(36)29-18(24(37)38)10-15-11-26-12-27-15)30-22(35)17(7-8-19(32)33)28-21(34)16(25)9-14-5-3-2-4-6-14/h2-6,11-13,16-18,20,31H,7-10,25H2,1H3,(H,26,27)(H,28,34)(H,29,36)(H,30,35)(H,32,33)(H,37,38). The number of amides is 3. The first-order valence-electron chi connectivity index (χ1n) is 11.8. The highest BCUT2D eigenvalue weighted by Gasteiger charge is 2.33. The first-order valence-corrected chi connectivity index (χ1v) is 11.8. The number of hydrogen-bond donors (Lipinski definition) is 8. The van der Waals surface area contributed by atoms with Crippen molar-refractivity contribution < 1.29 is 39.3 Å². The second-order valence-corrected chi connectivity index (χ2v) is 8.70. The number of nitrogens with one attached hydrogen (secondary N) is 4. The summed E-state index contributed by atoms with van der Waals surface area (Å²) < 4.78 is 0. The fraction of sp³-hybridized carbons (Fsp3) is 0.417. The van der Waals surface area contributed by atoms with E-state index in [0.717, 1.165) is 5.56 Å². The van der Waals surface area contributed by atoms with Crippen LogP contribution >= 0.6 is 0 Å². The number of rotatable bonds is 15. The van der Waals surface area contributed by atoms with Crippen molar-refractivity contribution in [3.63, 3.8) is 0 Å². The molecule has 0 bridgehead atoms. The van der Waals surface area contributed by atoms with Crippen LogP contribution in [-0.4, -0.2) is 85.2 Å². The van der Waals surface area contributed by atoms with Crippen LogP contribution in [0.2, 0.25) is 0 Å². The number of nitrogens with zero attached hydrogens (tertiary/aromatic N) is 1. The molecule has 0 aliphatic carbocycles. The van der Waals surface area contributed by atoms with Gasteiger partial charge < -0.3 is 42.0 Å². The summed E-state index contributed by atoms with van der Waals surface area (Å²) in [6, 6.07) is 3.43. The molecule has 1 aromatic heterocycles. The van der Waals surface area contributed by atoms with Crippen molar-refractivity contribution >= 4 is 29.7 Å². The van der Waals surface area contributed by atoms with Crippen LogP contribution < -0.4 is 21.7 Å². The number of benzene rings is 1.